The third-order valence-electron chi connectivity index (χ3n) is 3.53. The maximum atomic E-state index is 2.61. The summed E-state index contributed by atoms with van der Waals surface area (Å²) < 4.78 is 0.887. The van der Waals surface area contributed by atoms with Crippen molar-refractivity contribution in [2.75, 3.05) is 0 Å². The minimum absolute atomic E-state index is 0.696. The van der Waals surface area contributed by atoms with E-state index in [2.05, 4.69) is 45.2 Å². The lowest BCUT2D eigenvalue weighted by Crippen LogP contribution is -2.34. The van der Waals surface area contributed by atoms with Crippen molar-refractivity contribution >= 4 is 38.3 Å². The van der Waals surface area contributed by atoms with E-state index >= 15 is 0 Å². The monoisotopic (exact) mass is 262 g/mol. The summed E-state index contributed by atoms with van der Waals surface area (Å²) in [6.07, 6.45) is 5.73. The van der Waals surface area contributed by atoms with Gasteiger partial charge in [-0.1, -0.05) is 60.4 Å². The molecular formula is C8H17B2I. The van der Waals surface area contributed by atoms with Crippen LogP contribution in [0.5, 0.6) is 0 Å². The molecule has 0 nitrogen and oxygen atoms in total. The molecule has 1 aliphatic rings. The van der Waals surface area contributed by atoms with Crippen LogP contribution < -0.4 is 0 Å². The van der Waals surface area contributed by atoms with Crippen molar-refractivity contribution in [3.8, 4) is 0 Å². The third kappa shape index (κ3) is 1.96. The van der Waals surface area contributed by atoms with Crippen LogP contribution in [-0.4, -0.2) is 19.6 Å². The number of hydrogen-bond donors (Lipinski definition) is 0. The largest absolute Gasteiger partial charge is 0.109 e. The molecule has 0 bridgehead atoms. The van der Waals surface area contributed by atoms with Gasteiger partial charge in [-0.2, -0.15) is 0 Å². The first-order chi connectivity index (χ1) is 5.10. The summed E-state index contributed by atoms with van der Waals surface area (Å²) in [7, 11) is 4.76. The summed E-state index contributed by atoms with van der Waals surface area (Å²) in [5.41, 5.74) is 0. The molecule has 0 N–H and O–H groups in total. The molecule has 0 spiro atoms. The average molecular weight is 262 g/mol. The first kappa shape index (κ1) is 9.94. The lowest BCUT2D eigenvalue weighted by Gasteiger charge is -2.46. The van der Waals surface area contributed by atoms with Crippen molar-refractivity contribution in [3.63, 3.8) is 0 Å². The van der Waals surface area contributed by atoms with Crippen molar-refractivity contribution in [1.29, 1.82) is 0 Å². The van der Waals surface area contributed by atoms with Crippen molar-refractivity contribution < 1.29 is 0 Å². The van der Waals surface area contributed by atoms with Crippen molar-refractivity contribution in [3.05, 3.63) is 0 Å². The first-order valence-electron chi connectivity index (χ1n) is 4.74. The molecule has 0 radical (unpaired) electrons. The van der Waals surface area contributed by atoms with Gasteiger partial charge in [0.25, 0.3) is 0 Å². The average Bonchev–Trinajstić information content (AvgIpc) is 1.97. The Bertz CT molecular complexity index is 134. The second-order valence-corrected chi connectivity index (χ2v) is 5.82. The fourth-order valence-corrected chi connectivity index (χ4v) is 2.85. The standard InChI is InChI=1S/C8H17B2I/c1-6(7(11)5-9)8(10)3-2-4-8/h6-7H,2-5,9-10H2,1H3. The zero-order valence-corrected chi connectivity index (χ0v) is 10.0. The van der Waals surface area contributed by atoms with Crippen LogP contribution in [0.2, 0.25) is 11.6 Å². The number of halogens is 1. The second-order valence-electron chi connectivity index (χ2n) is 4.22. The molecule has 0 aromatic carbocycles. The van der Waals surface area contributed by atoms with Gasteiger partial charge in [0, 0.05) is 3.92 Å². The molecular weight excluding hydrogens is 245 g/mol. The Morgan fingerprint density at radius 3 is 2.36 bits per heavy atom. The Hall–Kier alpha value is 0.860. The molecule has 0 saturated heterocycles. The second kappa shape index (κ2) is 3.71. The van der Waals surface area contributed by atoms with Gasteiger partial charge in [-0.15, -0.1) is 0 Å². The summed E-state index contributed by atoms with van der Waals surface area (Å²) in [6, 6.07) is 0. The predicted octanol–water partition coefficient (Wildman–Crippen LogP) is 1.45. The highest BCUT2D eigenvalue weighted by Crippen LogP contribution is 2.53. The van der Waals surface area contributed by atoms with E-state index in [1.165, 1.54) is 25.6 Å². The molecule has 1 aliphatic carbocycles. The van der Waals surface area contributed by atoms with Gasteiger partial charge in [0.05, 0.1) is 0 Å². The van der Waals surface area contributed by atoms with E-state index in [0.717, 1.165) is 9.84 Å². The van der Waals surface area contributed by atoms with E-state index in [9.17, 15) is 0 Å². The Balaban J connectivity index is 2.45. The van der Waals surface area contributed by atoms with E-state index in [0.29, 0.717) is 5.31 Å². The highest BCUT2D eigenvalue weighted by Gasteiger charge is 2.39. The van der Waals surface area contributed by atoms with Crippen LogP contribution >= 0.6 is 22.6 Å². The summed E-state index contributed by atoms with van der Waals surface area (Å²) >= 11 is 2.61. The van der Waals surface area contributed by atoms with E-state index in [1.54, 1.807) is 0 Å². The molecule has 0 aromatic rings. The van der Waals surface area contributed by atoms with Crippen molar-refractivity contribution in [2.45, 2.75) is 41.7 Å². The molecule has 0 aliphatic heterocycles. The SMILES string of the molecule is BCC(I)C(C)C1(B)CCC1. The van der Waals surface area contributed by atoms with Crippen molar-refractivity contribution in [2.24, 2.45) is 5.92 Å². The van der Waals surface area contributed by atoms with Gasteiger partial charge in [0.1, 0.15) is 15.7 Å². The van der Waals surface area contributed by atoms with E-state index in [4.69, 9.17) is 0 Å². The molecule has 0 amide bonds. The zero-order chi connectivity index (χ0) is 8.48. The van der Waals surface area contributed by atoms with Gasteiger partial charge < -0.3 is 0 Å². The molecule has 2 unspecified atom stereocenters. The van der Waals surface area contributed by atoms with Gasteiger partial charge in [0.2, 0.25) is 0 Å². The normalized spacial score (nSPS) is 27.1. The van der Waals surface area contributed by atoms with Gasteiger partial charge in [-0.25, -0.2) is 0 Å². The van der Waals surface area contributed by atoms with Crippen molar-refractivity contribution in [1.82, 2.24) is 0 Å². The van der Waals surface area contributed by atoms with Crippen LogP contribution in [0.1, 0.15) is 26.2 Å². The zero-order valence-electron chi connectivity index (χ0n) is 7.86. The smallest absolute Gasteiger partial charge is 0.0831 e. The lowest BCUT2D eigenvalue weighted by molar-refractivity contribution is 0.247. The molecule has 3 heteroatoms. The first-order valence-corrected chi connectivity index (χ1v) is 5.99. The summed E-state index contributed by atoms with van der Waals surface area (Å²) in [4.78, 5) is 0. The summed E-state index contributed by atoms with van der Waals surface area (Å²) in [5, 5.41) is 0.696. The van der Waals surface area contributed by atoms with Crippen LogP contribution in [0.4, 0.5) is 0 Å². The molecule has 1 rings (SSSR count). The fourth-order valence-electron chi connectivity index (χ4n) is 1.98. The van der Waals surface area contributed by atoms with Gasteiger partial charge in [0.15, 0.2) is 0 Å². The topological polar surface area (TPSA) is 0 Å². The molecule has 1 fully saturated rings. The highest BCUT2D eigenvalue weighted by atomic mass is 127. The van der Waals surface area contributed by atoms with Crippen LogP contribution in [-0.2, 0) is 0 Å². The van der Waals surface area contributed by atoms with E-state index in [-0.39, 0.29) is 0 Å². The molecule has 0 heterocycles. The molecule has 2 atom stereocenters. The number of alkyl halides is 1. The fraction of sp³-hybridized carbons (Fsp3) is 1.00. The minimum atomic E-state index is 0.696. The highest BCUT2D eigenvalue weighted by molar-refractivity contribution is 14.1. The Morgan fingerprint density at radius 1 is 1.55 bits per heavy atom. The van der Waals surface area contributed by atoms with Gasteiger partial charge in [-0.3, -0.25) is 0 Å². The lowest BCUT2D eigenvalue weighted by atomic mass is 9.49. The van der Waals surface area contributed by atoms with Crippen LogP contribution in [0, 0.1) is 5.92 Å². The quantitative estimate of drug-likeness (QED) is 0.410. The van der Waals surface area contributed by atoms with Crippen LogP contribution in [0.15, 0.2) is 0 Å². The third-order valence-corrected chi connectivity index (χ3v) is 5.49. The van der Waals surface area contributed by atoms with Gasteiger partial charge in [-0.05, 0) is 5.92 Å². The maximum absolute atomic E-state index is 2.61. The Labute approximate surface area is 85.9 Å². The Kier molecular flexibility index (Phi) is 3.36. The summed E-state index contributed by atoms with van der Waals surface area (Å²) in [6.45, 7) is 2.43. The molecule has 1 saturated carbocycles. The predicted molar refractivity (Wildman–Crippen MR) is 65.4 cm³/mol. The minimum Gasteiger partial charge on any atom is -0.0831 e. The molecule has 62 valence electrons. The summed E-state index contributed by atoms with van der Waals surface area (Å²) in [5.74, 6) is 0.918. The van der Waals surface area contributed by atoms with E-state index in [1.807, 2.05) is 0 Å². The van der Waals surface area contributed by atoms with Gasteiger partial charge >= 0.3 is 0 Å². The van der Waals surface area contributed by atoms with E-state index < -0.39 is 0 Å². The van der Waals surface area contributed by atoms with Crippen LogP contribution in [0.3, 0.4) is 0 Å². The molecule has 0 aromatic heterocycles. The Morgan fingerprint density at radius 2 is 2.09 bits per heavy atom. The number of rotatable bonds is 3. The number of hydrogen-bond acceptors (Lipinski definition) is 0. The molecule has 11 heavy (non-hydrogen) atoms. The maximum Gasteiger partial charge on any atom is 0.109 e. The van der Waals surface area contributed by atoms with Crippen LogP contribution in [0.25, 0.3) is 0 Å².